The summed E-state index contributed by atoms with van der Waals surface area (Å²) in [4.78, 5) is 13.0. The van der Waals surface area contributed by atoms with E-state index in [0.29, 0.717) is 11.9 Å². The molecule has 0 saturated heterocycles. The summed E-state index contributed by atoms with van der Waals surface area (Å²) in [6.45, 7) is 2.50. The molecular weight excluding hydrogens is 264 g/mol. The molecule has 0 radical (unpaired) electrons. The van der Waals surface area contributed by atoms with Crippen molar-refractivity contribution >= 4 is 21.8 Å². The third-order valence-electron chi connectivity index (χ3n) is 4.68. The van der Waals surface area contributed by atoms with E-state index in [0.717, 1.165) is 41.4 Å². The van der Waals surface area contributed by atoms with Gasteiger partial charge >= 0.3 is 0 Å². The van der Waals surface area contributed by atoms with Crippen molar-refractivity contribution in [2.24, 2.45) is 5.73 Å². The fourth-order valence-corrected chi connectivity index (χ4v) is 3.45. The Morgan fingerprint density at radius 3 is 2.86 bits per heavy atom. The van der Waals surface area contributed by atoms with E-state index in [9.17, 15) is 4.79 Å². The van der Waals surface area contributed by atoms with Crippen molar-refractivity contribution in [3.8, 4) is 0 Å². The number of aromatic nitrogens is 3. The summed E-state index contributed by atoms with van der Waals surface area (Å²) in [6.07, 6.45) is 2.90. The molecule has 0 aliphatic heterocycles. The van der Waals surface area contributed by atoms with E-state index in [1.54, 1.807) is 0 Å². The Bertz CT molecular complexity index is 902. The number of fused-ring (bicyclic) bond motifs is 3. The molecule has 4 rings (SSSR count). The molecule has 0 unspecified atom stereocenters. The van der Waals surface area contributed by atoms with Crippen LogP contribution in [-0.4, -0.2) is 21.3 Å². The van der Waals surface area contributed by atoms with Crippen LogP contribution < -0.4 is 11.3 Å². The minimum absolute atomic E-state index is 0.0564. The van der Waals surface area contributed by atoms with E-state index >= 15 is 0 Å². The molecule has 108 valence electrons. The number of H-pyrrole nitrogens is 1. The highest BCUT2D eigenvalue weighted by Gasteiger charge is 2.45. The van der Waals surface area contributed by atoms with Crippen molar-refractivity contribution in [2.75, 3.05) is 6.54 Å². The zero-order valence-electron chi connectivity index (χ0n) is 12.0. The second kappa shape index (κ2) is 4.18. The molecule has 0 spiro atoms. The molecule has 5 nitrogen and oxygen atoms in total. The SMILES string of the molecule is Cc1[nH]nc2c1c(=O)n(C1(CCN)CC1)c1ccccc21. The molecule has 3 aromatic rings. The molecule has 0 bridgehead atoms. The Hall–Kier alpha value is -2.14. The summed E-state index contributed by atoms with van der Waals surface area (Å²) in [5, 5.41) is 9.02. The molecule has 2 heterocycles. The third-order valence-corrected chi connectivity index (χ3v) is 4.68. The largest absolute Gasteiger partial charge is 0.330 e. The fraction of sp³-hybridized carbons (Fsp3) is 0.375. The highest BCUT2D eigenvalue weighted by atomic mass is 16.1. The maximum Gasteiger partial charge on any atom is 0.262 e. The zero-order chi connectivity index (χ0) is 14.6. The van der Waals surface area contributed by atoms with Crippen molar-refractivity contribution in [3.63, 3.8) is 0 Å². The Morgan fingerprint density at radius 1 is 1.38 bits per heavy atom. The van der Waals surface area contributed by atoms with Gasteiger partial charge in [-0.3, -0.25) is 9.89 Å². The molecule has 3 N–H and O–H groups in total. The van der Waals surface area contributed by atoms with Crippen molar-refractivity contribution in [1.29, 1.82) is 0 Å². The fourth-order valence-electron chi connectivity index (χ4n) is 3.45. The summed E-state index contributed by atoms with van der Waals surface area (Å²) in [5.74, 6) is 0. The first-order valence-electron chi connectivity index (χ1n) is 7.37. The van der Waals surface area contributed by atoms with Gasteiger partial charge in [0.2, 0.25) is 0 Å². The number of pyridine rings is 1. The molecule has 1 aromatic carbocycles. The van der Waals surface area contributed by atoms with Crippen molar-refractivity contribution in [2.45, 2.75) is 31.7 Å². The second-order valence-corrected chi connectivity index (χ2v) is 5.99. The predicted octanol–water partition coefficient (Wildman–Crippen LogP) is 2.02. The van der Waals surface area contributed by atoms with Gasteiger partial charge in [0.1, 0.15) is 5.52 Å². The minimum Gasteiger partial charge on any atom is -0.330 e. The highest BCUT2D eigenvalue weighted by molar-refractivity contribution is 6.04. The lowest BCUT2D eigenvalue weighted by Crippen LogP contribution is -2.32. The van der Waals surface area contributed by atoms with E-state index in [1.807, 2.05) is 35.8 Å². The Morgan fingerprint density at radius 2 is 2.14 bits per heavy atom. The van der Waals surface area contributed by atoms with Crippen molar-refractivity contribution < 1.29 is 0 Å². The average Bonchev–Trinajstić information content (AvgIpc) is 3.14. The monoisotopic (exact) mass is 282 g/mol. The van der Waals surface area contributed by atoms with Crippen LogP contribution >= 0.6 is 0 Å². The van der Waals surface area contributed by atoms with E-state index in [4.69, 9.17) is 5.73 Å². The number of hydrogen-bond acceptors (Lipinski definition) is 3. The smallest absolute Gasteiger partial charge is 0.262 e. The molecule has 1 fully saturated rings. The number of benzene rings is 1. The summed E-state index contributed by atoms with van der Waals surface area (Å²) < 4.78 is 1.97. The third kappa shape index (κ3) is 1.61. The summed E-state index contributed by atoms with van der Waals surface area (Å²) in [6, 6.07) is 8.01. The molecule has 21 heavy (non-hydrogen) atoms. The van der Waals surface area contributed by atoms with E-state index in [1.165, 1.54) is 0 Å². The standard InChI is InChI=1S/C16H18N4O/c1-10-13-14(19-18-10)11-4-2-3-5-12(11)20(15(13)21)16(6-7-16)8-9-17/h2-5H,6-9,17H2,1H3,(H,18,19). The van der Waals surface area contributed by atoms with Gasteiger partial charge in [0.25, 0.3) is 5.56 Å². The Balaban J connectivity index is 2.20. The number of nitrogens with one attached hydrogen (secondary N) is 1. The van der Waals surface area contributed by atoms with Crippen LogP contribution in [0.3, 0.4) is 0 Å². The van der Waals surface area contributed by atoms with Gasteiger partial charge in [-0.2, -0.15) is 5.10 Å². The zero-order valence-corrected chi connectivity index (χ0v) is 12.0. The van der Waals surface area contributed by atoms with Gasteiger partial charge in [-0.15, -0.1) is 0 Å². The van der Waals surface area contributed by atoms with Gasteiger partial charge in [-0.25, -0.2) is 0 Å². The number of para-hydroxylation sites is 1. The van der Waals surface area contributed by atoms with Gasteiger partial charge in [-0.05, 0) is 38.8 Å². The first-order valence-corrected chi connectivity index (χ1v) is 7.37. The van der Waals surface area contributed by atoms with Crippen molar-refractivity contribution in [3.05, 3.63) is 40.3 Å². The second-order valence-electron chi connectivity index (χ2n) is 5.99. The molecular formula is C16H18N4O. The average molecular weight is 282 g/mol. The van der Waals surface area contributed by atoms with Crippen molar-refractivity contribution in [1.82, 2.24) is 14.8 Å². The Labute approximate surface area is 121 Å². The van der Waals surface area contributed by atoms with Crippen LogP contribution in [0.25, 0.3) is 21.8 Å². The molecule has 5 heteroatoms. The van der Waals surface area contributed by atoms with Gasteiger partial charge in [0.05, 0.1) is 10.9 Å². The number of nitrogens with two attached hydrogens (primary N) is 1. The van der Waals surface area contributed by atoms with Crippen LogP contribution in [0.5, 0.6) is 0 Å². The lowest BCUT2D eigenvalue weighted by atomic mass is 10.1. The van der Waals surface area contributed by atoms with Crippen LogP contribution in [-0.2, 0) is 5.54 Å². The van der Waals surface area contributed by atoms with E-state index in [2.05, 4.69) is 10.2 Å². The summed E-state index contributed by atoms with van der Waals surface area (Å²) in [7, 11) is 0. The molecule has 1 aliphatic carbocycles. The highest BCUT2D eigenvalue weighted by Crippen LogP contribution is 2.47. The van der Waals surface area contributed by atoms with Crippen LogP contribution in [0.2, 0.25) is 0 Å². The number of hydrogen-bond donors (Lipinski definition) is 2. The first kappa shape index (κ1) is 12.6. The van der Waals surface area contributed by atoms with Gasteiger partial charge in [-0.1, -0.05) is 18.2 Å². The Kier molecular flexibility index (Phi) is 2.50. The number of aryl methyl sites for hydroxylation is 1. The topological polar surface area (TPSA) is 76.7 Å². The number of rotatable bonds is 3. The number of nitrogens with zero attached hydrogens (tertiary/aromatic N) is 2. The number of aromatic amines is 1. The van der Waals surface area contributed by atoms with E-state index < -0.39 is 0 Å². The van der Waals surface area contributed by atoms with Crippen LogP contribution in [0, 0.1) is 6.92 Å². The summed E-state index contributed by atoms with van der Waals surface area (Å²) >= 11 is 0. The van der Waals surface area contributed by atoms with E-state index in [-0.39, 0.29) is 11.1 Å². The van der Waals surface area contributed by atoms with Gasteiger partial charge in [0.15, 0.2) is 0 Å². The molecule has 1 saturated carbocycles. The van der Waals surface area contributed by atoms with Crippen LogP contribution in [0.1, 0.15) is 25.0 Å². The maximum absolute atomic E-state index is 13.0. The van der Waals surface area contributed by atoms with Gasteiger partial charge < -0.3 is 10.3 Å². The molecule has 0 atom stereocenters. The quantitative estimate of drug-likeness (QED) is 0.771. The van der Waals surface area contributed by atoms with Crippen LogP contribution in [0.15, 0.2) is 29.1 Å². The minimum atomic E-state index is -0.0939. The predicted molar refractivity (Wildman–Crippen MR) is 83.5 cm³/mol. The normalized spacial score (nSPS) is 16.7. The first-order chi connectivity index (χ1) is 10.2. The lowest BCUT2D eigenvalue weighted by Gasteiger charge is -2.21. The molecule has 2 aromatic heterocycles. The van der Waals surface area contributed by atoms with Gasteiger partial charge in [0, 0.05) is 16.6 Å². The van der Waals surface area contributed by atoms with Crippen LogP contribution in [0.4, 0.5) is 0 Å². The molecule has 1 aliphatic rings. The lowest BCUT2D eigenvalue weighted by molar-refractivity contribution is 0.454. The maximum atomic E-state index is 13.0. The summed E-state index contributed by atoms with van der Waals surface area (Å²) in [5.41, 5.74) is 8.31. The molecule has 0 amide bonds.